The van der Waals surface area contributed by atoms with Crippen LogP contribution in [0.25, 0.3) is 10.8 Å². The third-order valence-corrected chi connectivity index (χ3v) is 6.52. The summed E-state index contributed by atoms with van der Waals surface area (Å²) in [7, 11) is -0.0180. The van der Waals surface area contributed by atoms with Crippen LogP contribution in [0.1, 0.15) is 6.42 Å². The van der Waals surface area contributed by atoms with Crippen molar-refractivity contribution in [2.75, 3.05) is 29.0 Å². The molecule has 0 bridgehead atoms. The topological polar surface area (TPSA) is 78.5 Å². The summed E-state index contributed by atoms with van der Waals surface area (Å²) in [5, 5.41) is 4.11. The smallest absolute Gasteiger partial charge is 0.262 e. The van der Waals surface area contributed by atoms with Crippen molar-refractivity contribution in [3.8, 4) is 0 Å². The number of nitrogens with zero attached hydrogens (tertiary/aromatic N) is 1. The number of halogens is 1. The van der Waals surface area contributed by atoms with Crippen LogP contribution in [0.4, 0.5) is 21.5 Å². The molecule has 1 aliphatic rings. The van der Waals surface area contributed by atoms with Gasteiger partial charge in [0.15, 0.2) is 0 Å². The van der Waals surface area contributed by atoms with Gasteiger partial charge in [0, 0.05) is 41.9 Å². The predicted octanol–water partition coefficient (Wildman–Crippen LogP) is 4.00. The normalized spacial score (nSPS) is 18.1. The van der Waals surface area contributed by atoms with Crippen LogP contribution in [0, 0.1) is 5.92 Å². The molecule has 30 heavy (non-hydrogen) atoms. The van der Waals surface area contributed by atoms with E-state index in [2.05, 4.69) is 10.0 Å². The molecule has 2 unspecified atom stereocenters. The number of amides is 1. The van der Waals surface area contributed by atoms with Crippen molar-refractivity contribution in [2.45, 2.75) is 17.5 Å². The van der Waals surface area contributed by atoms with E-state index in [1.807, 2.05) is 37.2 Å². The molecule has 0 spiro atoms. The van der Waals surface area contributed by atoms with Crippen molar-refractivity contribution < 1.29 is 17.6 Å². The quantitative estimate of drug-likeness (QED) is 0.623. The highest BCUT2D eigenvalue weighted by Gasteiger charge is 2.43. The Morgan fingerprint density at radius 2 is 1.57 bits per heavy atom. The average molecular weight is 428 g/mol. The van der Waals surface area contributed by atoms with Crippen molar-refractivity contribution in [1.29, 1.82) is 0 Å². The Kier molecular flexibility index (Phi) is 5.11. The van der Waals surface area contributed by atoms with Crippen molar-refractivity contribution in [1.82, 2.24) is 0 Å². The highest BCUT2D eigenvalue weighted by atomic mass is 32.2. The lowest BCUT2D eigenvalue weighted by Gasteiger charge is -2.17. The zero-order chi connectivity index (χ0) is 21.5. The fourth-order valence-electron chi connectivity index (χ4n) is 3.39. The van der Waals surface area contributed by atoms with Crippen LogP contribution in [0.5, 0.6) is 0 Å². The molecule has 0 aliphatic heterocycles. The summed E-state index contributed by atoms with van der Waals surface area (Å²) in [6, 6.07) is 17.0. The number of sulfonamides is 1. The molecule has 156 valence electrons. The maximum absolute atomic E-state index is 13.1. The number of nitrogens with one attached hydrogen (secondary N) is 2. The van der Waals surface area contributed by atoms with E-state index in [9.17, 15) is 17.6 Å². The lowest BCUT2D eigenvalue weighted by Crippen LogP contribution is -2.16. The van der Waals surface area contributed by atoms with Crippen LogP contribution >= 0.6 is 0 Å². The molecule has 0 heterocycles. The van der Waals surface area contributed by atoms with Crippen LogP contribution in [0.2, 0.25) is 0 Å². The first kappa shape index (κ1) is 20.2. The minimum absolute atomic E-state index is 0.184. The Morgan fingerprint density at radius 3 is 2.20 bits per heavy atom. The van der Waals surface area contributed by atoms with Gasteiger partial charge in [-0.2, -0.15) is 0 Å². The first-order valence-corrected chi connectivity index (χ1v) is 11.0. The summed E-state index contributed by atoms with van der Waals surface area (Å²) in [4.78, 5) is 13.9. The molecule has 2 atom stereocenters. The Morgan fingerprint density at radius 1 is 0.967 bits per heavy atom. The van der Waals surface area contributed by atoms with Gasteiger partial charge in [0.25, 0.3) is 10.0 Å². The van der Waals surface area contributed by atoms with Gasteiger partial charge >= 0.3 is 0 Å². The van der Waals surface area contributed by atoms with Gasteiger partial charge in [0.2, 0.25) is 5.91 Å². The summed E-state index contributed by atoms with van der Waals surface area (Å²) in [6.07, 6.45) is -0.811. The van der Waals surface area contributed by atoms with E-state index in [0.29, 0.717) is 16.8 Å². The zero-order valence-electron chi connectivity index (χ0n) is 16.6. The number of alkyl halides is 1. The van der Waals surface area contributed by atoms with Crippen molar-refractivity contribution in [2.24, 2.45) is 5.92 Å². The standard InChI is InChI=1S/C22H22FN3O3S/c1-26(2)20-7-3-6-17-16(20)5-4-8-21(17)30(28,29)25-15-11-9-14(10-12-15)24-22(27)18-13-19(18)23/h3-12,18-19,25H,13H2,1-2H3,(H,24,27). The lowest BCUT2D eigenvalue weighted by atomic mass is 10.1. The SMILES string of the molecule is CN(C)c1cccc2c(S(=O)(=O)Nc3ccc(NC(=O)C4CC4F)cc3)cccc12. The molecule has 0 radical (unpaired) electrons. The monoisotopic (exact) mass is 427 g/mol. The number of fused-ring (bicyclic) bond motifs is 1. The molecule has 1 aliphatic carbocycles. The van der Waals surface area contributed by atoms with E-state index in [-0.39, 0.29) is 17.2 Å². The molecule has 8 heteroatoms. The maximum Gasteiger partial charge on any atom is 0.262 e. The van der Waals surface area contributed by atoms with E-state index >= 15 is 0 Å². The van der Waals surface area contributed by atoms with Gasteiger partial charge in [-0.05, 0) is 42.8 Å². The van der Waals surface area contributed by atoms with E-state index in [1.165, 1.54) is 0 Å². The molecular formula is C22H22FN3O3S. The Bertz CT molecular complexity index is 1210. The van der Waals surface area contributed by atoms with Crippen molar-refractivity contribution in [3.63, 3.8) is 0 Å². The number of carbonyl (C=O) groups excluding carboxylic acids is 1. The lowest BCUT2D eigenvalue weighted by molar-refractivity contribution is -0.117. The molecule has 4 rings (SSSR count). The van der Waals surface area contributed by atoms with Crippen molar-refractivity contribution >= 4 is 43.8 Å². The summed E-state index contributed by atoms with van der Waals surface area (Å²) in [5.41, 5.74) is 1.78. The maximum atomic E-state index is 13.1. The molecule has 2 N–H and O–H groups in total. The molecule has 3 aromatic rings. The van der Waals surface area contributed by atoms with Gasteiger partial charge in [-0.15, -0.1) is 0 Å². The minimum atomic E-state index is -3.83. The fourth-order valence-corrected chi connectivity index (χ4v) is 4.67. The number of hydrogen-bond donors (Lipinski definition) is 2. The zero-order valence-corrected chi connectivity index (χ0v) is 17.4. The second-order valence-electron chi connectivity index (χ2n) is 7.55. The van der Waals surface area contributed by atoms with E-state index in [4.69, 9.17) is 0 Å². The summed E-state index contributed by atoms with van der Waals surface area (Å²) >= 11 is 0. The van der Waals surface area contributed by atoms with Gasteiger partial charge in [-0.1, -0.05) is 24.3 Å². The number of rotatable bonds is 6. The summed E-state index contributed by atoms with van der Waals surface area (Å²) in [5.74, 6) is -0.940. The highest BCUT2D eigenvalue weighted by molar-refractivity contribution is 7.93. The third kappa shape index (κ3) is 3.95. The van der Waals surface area contributed by atoms with E-state index in [0.717, 1.165) is 11.1 Å². The van der Waals surface area contributed by atoms with Crippen LogP contribution in [0.3, 0.4) is 0 Å². The molecule has 0 saturated heterocycles. The van der Waals surface area contributed by atoms with Crippen LogP contribution < -0.4 is 14.9 Å². The molecular weight excluding hydrogens is 405 g/mol. The Labute approximate surface area is 174 Å². The largest absolute Gasteiger partial charge is 0.377 e. The fraction of sp³-hybridized carbons (Fsp3) is 0.227. The number of carbonyl (C=O) groups is 1. The highest BCUT2D eigenvalue weighted by Crippen LogP contribution is 2.35. The van der Waals surface area contributed by atoms with Crippen LogP contribution in [0.15, 0.2) is 65.6 Å². The first-order chi connectivity index (χ1) is 14.3. The minimum Gasteiger partial charge on any atom is -0.377 e. The number of benzene rings is 3. The second kappa shape index (κ2) is 7.60. The molecule has 1 saturated carbocycles. The number of hydrogen-bond acceptors (Lipinski definition) is 4. The predicted molar refractivity (Wildman–Crippen MR) is 117 cm³/mol. The summed E-state index contributed by atoms with van der Waals surface area (Å²) in [6.45, 7) is 0. The van der Waals surface area contributed by atoms with Crippen LogP contribution in [-0.2, 0) is 14.8 Å². The van der Waals surface area contributed by atoms with Crippen molar-refractivity contribution in [3.05, 3.63) is 60.7 Å². The van der Waals surface area contributed by atoms with Gasteiger partial charge in [0.05, 0.1) is 10.8 Å². The Balaban J connectivity index is 1.57. The average Bonchev–Trinajstić information content (AvgIpc) is 3.45. The summed E-state index contributed by atoms with van der Waals surface area (Å²) < 4.78 is 41.7. The second-order valence-corrected chi connectivity index (χ2v) is 9.20. The number of anilines is 3. The van der Waals surface area contributed by atoms with Crippen LogP contribution in [-0.4, -0.2) is 34.6 Å². The van der Waals surface area contributed by atoms with Gasteiger partial charge in [0.1, 0.15) is 6.17 Å². The van der Waals surface area contributed by atoms with Gasteiger partial charge in [-0.25, -0.2) is 12.8 Å². The first-order valence-electron chi connectivity index (χ1n) is 9.53. The molecule has 1 amide bonds. The molecule has 1 fully saturated rings. The molecule has 6 nitrogen and oxygen atoms in total. The molecule has 3 aromatic carbocycles. The Hall–Kier alpha value is -3.13. The van der Waals surface area contributed by atoms with E-state index in [1.54, 1.807) is 42.5 Å². The van der Waals surface area contributed by atoms with Gasteiger partial charge < -0.3 is 10.2 Å². The van der Waals surface area contributed by atoms with E-state index < -0.39 is 22.1 Å². The molecule has 0 aromatic heterocycles. The van der Waals surface area contributed by atoms with Gasteiger partial charge in [-0.3, -0.25) is 9.52 Å². The third-order valence-electron chi connectivity index (χ3n) is 5.08.